The number of hydrogen-bond acceptors (Lipinski definition) is 5. The Hall–Kier alpha value is -1.84. The molecule has 0 bridgehead atoms. The summed E-state index contributed by atoms with van der Waals surface area (Å²) in [5, 5.41) is 12.4. The van der Waals surface area contributed by atoms with E-state index in [4.69, 9.17) is 0 Å². The summed E-state index contributed by atoms with van der Waals surface area (Å²) in [6.07, 6.45) is 0. The smallest absolute Gasteiger partial charge is 0.258 e. The lowest BCUT2D eigenvalue weighted by Crippen LogP contribution is -2.26. The van der Waals surface area contributed by atoms with Crippen LogP contribution >= 0.6 is 11.3 Å². The number of sulfonamides is 1. The molecule has 0 aliphatic carbocycles. The highest BCUT2D eigenvalue weighted by Gasteiger charge is 2.24. The van der Waals surface area contributed by atoms with Crippen LogP contribution in [0, 0.1) is 15.9 Å². The van der Waals surface area contributed by atoms with Crippen molar-refractivity contribution in [2.45, 2.75) is 11.4 Å². The molecule has 0 amide bonds. The summed E-state index contributed by atoms with van der Waals surface area (Å²) in [4.78, 5) is 10.2. The van der Waals surface area contributed by atoms with E-state index in [1.165, 1.54) is 18.4 Å². The Morgan fingerprint density at radius 3 is 2.62 bits per heavy atom. The highest BCUT2D eigenvalue weighted by Crippen LogP contribution is 2.24. The molecule has 0 unspecified atom stereocenters. The molecule has 0 spiro atoms. The van der Waals surface area contributed by atoms with E-state index >= 15 is 0 Å². The Balaban J connectivity index is 2.31. The Labute approximate surface area is 124 Å². The first-order valence-corrected chi connectivity index (χ1v) is 8.07. The summed E-state index contributed by atoms with van der Waals surface area (Å²) >= 11 is 1.40. The molecule has 0 aliphatic heterocycles. The van der Waals surface area contributed by atoms with Crippen LogP contribution in [0.1, 0.15) is 4.88 Å². The summed E-state index contributed by atoms with van der Waals surface area (Å²) in [7, 11) is -2.53. The van der Waals surface area contributed by atoms with Crippen LogP contribution in [0.3, 0.4) is 0 Å². The lowest BCUT2D eigenvalue weighted by atomic mass is 10.3. The second-order valence-corrected chi connectivity index (χ2v) is 7.29. The molecule has 0 N–H and O–H groups in total. The lowest BCUT2D eigenvalue weighted by Gasteiger charge is -2.16. The molecule has 112 valence electrons. The van der Waals surface area contributed by atoms with Crippen molar-refractivity contribution in [3.8, 4) is 0 Å². The van der Waals surface area contributed by atoms with Gasteiger partial charge in [-0.05, 0) is 17.5 Å². The molecule has 0 atom stereocenters. The van der Waals surface area contributed by atoms with Gasteiger partial charge in [0.15, 0.2) is 0 Å². The molecule has 1 aromatic heterocycles. The third-order valence-electron chi connectivity index (χ3n) is 2.78. The zero-order valence-electron chi connectivity index (χ0n) is 10.9. The van der Waals surface area contributed by atoms with E-state index in [9.17, 15) is 22.9 Å². The van der Waals surface area contributed by atoms with Crippen molar-refractivity contribution < 1.29 is 17.7 Å². The van der Waals surface area contributed by atoms with Gasteiger partial charge in [-0.1, -0.05) is 6.07 Å². The normalized spacial score (nSPS) is 11.8. The first kappa shape index (κ1) is 15.5. The van der Waals surface area contributed by atoms with Crippen LogP contribution in [0.15, 0.2) is 40.6 Å². The van der Waals surface area contributed by atoms with Crippen molar-refractivity contribution in [1.29, 1.82) is 0 Å². The zero-order valence-corrected chi connectivity index (χ0v) is 12.5. The van der Waals surface area contributed by atoms with Crippen LogP contribution in [0.2, 0.25) is 0 Å². The number of thiophene rings is 1. The largest absolute Gasteiger partial charge is 0.304 e. The van der Waals surface area contributed by atoms with Crippen molar-refractivity contribution in [3.63, 3.8) is 0 Å². The summed E-state index contributed by atoms with van der Waals surface area (Å²) in [6.45, 7) is 0.151. The Morgan fingerprint density at radius 1 is 1.38 bits per heavy atom. The van der Waals surface area contributed by atoms with Gasteiger partial charge in [-0.2, -0.15) is 8.70 Å². The molecule has 21 heavy (non-hydrogen) atoms. The van der Waals surface area contributed by atoms with Gasteiger partial charge in [-0.15, -0.1) is 11.3 Å². The second kappa shape index (κ2) is 5.88. The lowest BCUT2D eigenvalue weighted by molar-refractivity contribution is -0.387. The van der Waals surface area contributed by atoms with E-state index in [0.29, 0.717) is 6.07 Å². The second-order valence-electron chi connectivity index (χ2n) is 4.21. The fourth-order valence-corrected chi connectivity index (χ4v) is 3.68. The standard InChI is InChI=1S/C12H11FN2O4S2/c1-14(8-9-3-2-6-20-9)21(18,19)10-4-5-12(15(16)17)11(13)7-10/h2-7H,8H2,1H3. The van der Waals surface area contributed by atoms with E-state index in [2.05, 4.69) is 0 Å². The van der Waals surface area contributed by atoms with Crippen LogP contribution in [0.5, 0.6) is 0 Å². The Kier molecular flexibility index (Phi) is 4.35. The molecule has 0 saturated carbocycles. The highest BCUT2D eigenvalue weighted by atomic mass is 32.2. The maximum Gasteiger partial charge on any atom is 0.304 e. The van der Waals surface area contributed by atoms with E-state index < -0.39 is 26.5 Å². The molecule has 0 aliphatic rings. The van der Waals surface area contributed by atoms with Gasteiger partial charge in [0.05, 0.1) is 9.82 Å². The fraction of sp³-hybridized carbons (Fsp3) is 0.167. The molecular formula is C12H11FN2O4S2. The molecule has 2 aromatic rings. The third kappa shape index (κ3) is 3.26. The highest BCUT2D eigenvalue weighted by molar-refractivity contribution is 7.89. The minimum absolute atomic E-state index is 0.151. The summed E-state index contributed by atoms with van der Waals surface area (Å²) in [6, 6.07) is 6.13. The van der Waals surface area contributed by atoms with Crippen molar-refractivity contribution in [3.05, 3.63) is 56.5 Å². The number of benzene rings is 1. The predicted molar refractivity (Wildman–Crippen MR) is 76.0 cm³/mol. The van der Waals surface area contributed by atoms with E-state index in [1.54, 1.807) is 12.1 Å². The Morgan fingerprint density at radius 2 is 2.10 bits per heavy atom. The maximum atomic E-state index is 13.5. The molecule has 0 saturated heterocycles. The quantitative estimate of drug-likeness (QED) is 0.623. The molecule has 0 radical (unpaired) electrons. The minimum atomic E-state index is -3.90. The van der Waals surface area contributed by atoms with Gasteiger partial charge >= 0.3 is 5.69 Å². The number of nitro benzene ring substituents is 1. The van der Waals surface area contributed by atoms with Gasteiger partial charge in [0, 0.05) is 30.6 Å². The first-order valence-electron chi connectivity index (χ1n) is 5.75. The van der Waals surface area contributed by atoms with Crippen LogP contribution in [0.4, 0.5) is 10.1 Å². The SMILES string of the molecule is CN(Cc1cccs1)S(=O)(=O)c1ccc([N+](=O)[O-])c(F)c1. The third-order valence-corrected chi connectivity index (χ3v) is 5.44. The van der Waals surface area contributed by atoms with Crippen molar-refractivity contribution in [2.75, 3.05) is 7.05 Å². The molecule has 6 nitrogen and oxygen atoms in total. The molecular weight excluding hydrogens is 319 g/mol. The van der Waals surface area contributed by atoms with Crippen molar-refractivity contribution in [2.24, 2.45) is 0 Å². The maximum absolute atomic E-state index is 13.5. The van der Waals surface area contributed by atoms with E-state index in [0.717, 1.165) is 21.3 Å². The molecule has 1 heterocycles. The van der Waals surface area contributed by atoms with Crippen LogP contribution in [-0.2, 0) is 16.6 Å². The summed E-state index contributed by atoms with van der Waals surface area (Å²) in [5.41, 5.74) is -0.755. The number of halogens is 1. The first-order chi connectivity index (χ1) is 9.82. The number of nitrogens with zero attached hydrogens (tertiary/aromatic N) is 2. The van der Waals surface area contributed by atoms with Crippen LogP contribution in [-0.4, -0.2) is 24.7 Å². The molecule has 1 aromatic carbocycles. The van der Waals surface area contributed by atoms with E-state index in [1.807, 2.05) is 5.38 Å². The van der Waals surface area contributed by atoms with Gasteiger partial charge in [0.25, 0.3) is 0 Å². The molecule has 9 heteroatoms. The van der Waals surface area contributed by atoms with Gasteiger partial charge in [0.1, 0.15) is 0 Å². The van der Waals surface area contributed by atoms with Crippen LogP contribution < -0.4 is 0 Å². The zero-order chi connectivity index (χ0) is 15.6. The minimum Gasteiger partial charge on any atom is -0.258 e. The van der Waals surface area contributed by atoms with E-state index in [-0.39, 0.29) is 11.4 Å². The number of hydrogen-bond donors (Lipinski definition) is 0. The van der Waals surface area contributed by atoms with Gasteiger partial charge in [-0.3, -0.25) is 10.1 Å². The average Bonchev–Trinajstić information content (AvgIpc) is 2.90. The topological polar surface area (TPSA) is 80.5 Å². The van der Waals surface area contributed by atoms with Crippen LogP contribution in [0.25, 0.3) is 0 Å². The predicted octanol–water partition coefficient (Wildman–Crippen LogP) is 2.62. The average molecular weight is 330 g/mol. The Bertz CT molecular complexity index is 760. The number of nitro groups is 1. The monoisotopic (exact) mass is 330 g/mol. The number of rotatable bonds is 5. The summed E-state index contributed by atoms with van der Waals surface area (Å²) in [5.74, 6) is -1.18. The fourth-order valence-electron chi connectivity index (χ4n) is 1.68. The molecule has 2 rings (SSSR count). The van der Waals surface area contributed by atoms with Crippen molar-refractivity contribution in [1.82, 2.24) is 4.31 Å². The van der Waals surface area contributed by atoms with Crippen molar-refractivity contribution >= 4 is 27.0 Å². The van der Waals surface area contributed by atoms with Gasteiger partial charge < -0.3 is 0 Å². The molecule has 0 fully saturated rings. The summed E-state index contributed by atoms with van der Waals surface area (Å²) < 4.78 is 39.2. The van der Waals surface area contributed by atoms with Gasteiger partial charge in [0.2, 0.25) is 15.8 Å². The van der Waals surface area contributed by atoms with Gasteiger partial charge in [-0.25, -0.2) is 8.42 Å².